The van der Waals surface area contributed by atoms with Crippen LogP contribution >= 0.6 is 11.3 Å². The minimum Gasteiger partial charge on any atom is -0.342 e. The Bertz CT molecular complexity index is 593. The van der Waals surface area contributed by atoms with Crippen LogP contribution in [-0.2, 0) is 16.0 Å². The standard InChI is InChI=1S/C16H20N2O2S/c1-9-15(19)17-14(10-5-6-10)16(20)18(9)12-3-2-4-13-11(12)7-8-21-13/h7-10,12,14H,2-6H2,1H3,(H,17,19). The minimum atomic E-state index is -0.358. The Kier molecular flexibility index (Phi) is 3.06. The van der Waals surface area contributed by atoms with Crippen LogP contribution in [0.5, 0.6) is 0 Å². The van der Waals surface area contributed by atoms with E-state index in [1.54, 1.807) is 11.3 Å². The van der Waals surface area contributed by atoms with Crippen molar-refractivity contribution < 1.29 is 9.59 Å². The molecule has 1 saturated carbocycles. The van der Waals surface area contributed by atoms with Gasteiger partial charge in [0, 0.05) is 4.88 Å². The molecule has 1 aliphatic heterocycles. The Morgan fingerprint density at radius 2 is 2.10 bits per heavy atom. The fraction of sp³-hybridized carbons (Fsp3) is 0.625. The second-order valence-corrected chi connectivity index (χ2v) is 7.45. The van der Waals surface area contributed by atoms with Crippen molar-refractivity contribution in [2.45, 2.75) is 57.2 Å². The number of piperazine rings is 1. The number of hydrogen-bond donors (Lipinski definition) is 1. The summed E-state index contributed by atoms with van der Waals surface area (Å²) in [6.45, 7) is 1.86. The predicted molar refractivity (Wildman–Crippen MR) is 81.0 cm³/mol. The first-order valence-electron chi connectivity index (χ1n) is 7.85. The lowest BCUT2D eigenvalue weighted by atomic mass is 9.90. The Morgan fingerprint density at radius 3 is 2.86 bits per heavy atom. The van der Waals surface area contributed by atoms with E-state index in [9.17, 15) is 9.59 Å². The molecule has 0 spiro atoms. The van der Waals surface area contributed by atoms with Gasteiger partial charge in [-0.25, -0.2) is 0 Å². The lowest BCUT2D eigenvalue weighted by Crippen LogP contribution is -2.63. The molecule has 3 aliphatic rings. The van der Waals surface area contributed by atoms with E-state index in [0.29, 0.717) is 5.92 Å². The second-order valence-electron chi connectivity index (χ2n) is 6.45. The molecule has 4 rings (SSSR count). The van der Waals surface area contributed by atoms with Gasteiger partial charge in [0.15, 0.2) is 0 Å². The van der Waals surface area contributed by atoms with Gasteiger partial charge in [-0.15, -0.1) is 11.3 Å². The van der Waals surface area contributed by atoms with Crippen LogP contribution in [0, 0.1) is 5.92 Å². The Balaban J connectivity index is 1.69. The first-order valence-corrected chi connectivity index (χ1v) is 8.73. The first kappa shape index (κ1) is 13.3. The number of fused-ring (bicyclic) bond motifs is 1. The molecular weight excluding hydrogens is 284 g/mol. The zero-order chi connectivity index (χ0) is 14.6. The summed E-state index contributed by atoms with van der Waals surface area (Å²) >= 11 is 1.78. The lowest BCUT2D eigenvalue weighted by Gasteiger charge is -2.43. The molecule has 0 radical (unpaired) electrons. The van der Waals surface area contributed by atoms with Crippen molar-refractivity contribution in [3.63, 3.8) is 0 Å². The molecule has 0 aromatic carbocycles. The molecule has 2 heterocycles. The molecule has 4 nitrogen and oxygen atoms in total. The molecule has 2 amide bonds. The average Bonchev–Trinajstić information content (AvgIpc) is 3.20. The maximum absolute atomic E-state index is 12.9. The van der Waals surface area contributed by atoms with E-state index < -0.39 is 0 Å². The molecule has 112 valence electrons. The number of amides is 2. The summed E-state index contributed by atoms with van der Waals surface area (Å²) in [6.07, 6.45) is 5.31. The van der Waals surface area contributed by atoms with Crippen LogP contribution in [0.25, 0.3) is 0 Å². The smallest absolute Gasteiger partial charge is 0.246 e. The summed E-state index contributed by atoms with van der Waals surface area (Å²) in [4.78, 5) is 28.5. The molecule has 2 aliphatic carbocycles. The maximum atomic E-state index is 12.9. The van der Waals surface area contributed by atoms with E-state index in [0.717, 1.165) is 32.1 Å². The van der Waals surface area contributed by atoms with E-state index in [2.05, 4.69) is 16.8 Å². The molecule has 2 fully saturated rings. The SMILES string of the molecule is CC1C(=O)NC(C2CC2)C(=O)N1C1CCCc2sccc21. The van der Waals surface area contributed by atoms with Gasteiger partial charge in [0.2, 0.25) is 11.8 Å². The highest BCUT2D eigenvalue weighted by Crippen LogP contribution is 2.41. The first-order chi connectivity index (χ1) is 10.2. The van der Waals surface area contributed by atoms with Crippen molar-refractivity contribution in [3.05, 3.63) is 21.9 Å². The van der Waals surface area contributed by atoms with Crippen LogP contribution in [0.4, 0.5) is 0 Å². The number of thiophene rings is 1. The predicted octanol–water partition coefficient (Wildman–Crippen LogP) is 2.25. The summed E-state index contributed by atoms with van der Waals surface area (Å²) in [5.74, 6) is 0.504. The molecule has 1 aromatic rings. The van der Waals surface area contributed by atoms with Crippen LogP contribution in [-0.4, -0.2) is 28.8 Å². The van der Waals surface area contributed by atoms with Crippen molar-refractivity contribution in [1.82, 2.24) is 10.2 Å². The summed E-state index contributed by atoms with van der Waals surface area (Å²) in [5.41, 5.74) is 1.27. The minimum absolute atomic E-state index is 0.00820. The molecular formula is C16H20N2O2S. The Hall–Kier alpha value is -1.36. The van der Waals surface area contributed by atoms with Gasteiger partial charge in [0.05, 0.1) is 6.04 Å². The zero-order valence-electron chi connectivity index (χ0n) is 12.2. The Labute approximate surface area is 128 Å². The molecule has 21 heavy (non-hydrogen) atoms. The largest absolute Gasteiger partial charge is 0.342 e. The molecule has 1 aromatic heterocycles. The van der Waals surface area contributed by atoms with Crippen molar-refractivity contribution in [2.75, 3.05) is 0 Å². The number of nitrogens with one attached hydrogen (secondary N) is 1. The van der Waals surface area contributed by atoms with E-state index in [1.165, 1.54) is 10.4 Å². The van der Waals surface area contributed by atoms with Gasteiger partial charge in [-0.2, -0.15) is 0 Å². The fourth-order valence-corrected chi connectivity index (χ4v) is 4.72. The van der Waals surface area contributed by atoms with Gasteiger partial charge in [-0.1, -0.05) is 0 Å². The third-order valence-corrected chi connectivity index (χ3v) is 6.06. The molecule has 5 heteroatoms. The monoisotopic (exact) mass is 304 g/mol. The van der Waals surface area contributed by atoms with Gasteiger partial charge >= 0.3 is 0 Å². The van der Waals surface area contributed by atoms with Crippen molar-refractivity contribution in [1.29, 1.82) is 0 Å². The van der Waals surface area contributed by atoms with Gasteiger partial charge < -0.3 is 10.2 Å². The lowest BCUT2D eigenvalue weighted by molar-refractivity contribution is -0.152. The van der Waals surface area contributed by atoms with Gasteiger partial charge in [-0.05, 0) is 62.0 Å². The van der Waals surface area contributed by atoms with E-state index in [4.69, 9.17) is 0 Å². The number of aryl methyl sites for hydroxylation is 1. The average molecular weight is 304 g/mol. The maximum Gasteiger partial charge on any atom is 0.246 e. The topological polar surface area (TPSA) is 49.4 Å². The number of nitrogens with zero attached hydrogens (tertiary/aromatic N) is 1. The van der Waals surface area contributed by atoms with Crippen molar-refractivity contribution in [3.8, 4) is 0 Å². The van der Waals surface area contributed by atoms with Crippen LogP contribution in [0.2, 0.25) is 0 Å². The molecule has 1 N–H and O–H groups in total. The van der Waals surface area contributed by atoms with Gasteiger partial charge in [-0.3, -0.25) is 9.59 Å². The van der Waals surface area contributed by atoms with E-state index in [1.807, 2.05) is 11.8 Å². The number of rotatable bonds is 2. The van der Waals surface area contributed by atoms with Crippen LogP contribution in [0.15, 0.2) is 11.4 Å². The normalized spacial score (nSPS) is 32.8. The quantitative estimate of drug-likeness (QED) is 0.911. The van der Waals surface area contributed by atoms with Crippen molar-refractivity contribution >= 4 is 23.2 Å². The zero-order valence-corrected chi connectivity index (χ0v) is 13.0. The summed E-state index contributed by atoms with van der Waals surface area (Å²) < 4.78 is 0. The van der Waals surface area contributed by atoms with Gasteiger partial charge in [0.25, 0.3) is 0 Å². The second kappa shape index (κ2) is 4.83. The van der Waals surface area contributed by atoms with Crippen LogP contribution in [0.1, 0.15) is 49.1 Å². The third-order valence-electron chi connectivity index (χ3n) is 5.06. The van der Waals surface area contributed by atoms with Crippen LogP contribution < -0.4 is 5.32 Å². The molecule has 1 saturated heterocycles. The Morgan fingerprint density at radius 1 is 1.29 bits per heavy atom. The summed E-state index contributed by atoms with van der Waals surface area (Å²) in [6, 6.07) is 1.60. The van der Waals surface area contributed by atoms with E-state index >= 15 is 0 Å². The van der Waals surface area contributed by atoms with E-state index in [-0.39, 0.29) is 29.9 Å². The summed E-state index contributed by atoms with van der Waals surface area (Å²) in [7, 11) is 0. The number of hydrogen-bond acceptors (Lipinski definition) is 3. The van der Waals surface area contributed by atoms with Crippen LogP contribution in [0.3, 0.4) is 0 Å². The third kappa shape index (κ3) is 2.09. The molecule has 3 atom stereocenters. The van der Waals surface area contributed by atoms with Crippen molar-refractivity contribution in [2.24, 2.45) is 5.92 Å². The summed E-state index contributed by atoms with van der Waals surface area (Å²) in [5, 5.41) is 5.05. The highest BCUT2D eigenvalue weighted by Gasteiger charge is 2.48. The van der Waals surface area contributed by atoms with Gasteiger partial charge in [0.1, 0.15) is 12.1 Å². The highest BCUT2D eigenvalue weighted by atomic mass is 32.1. The molecule has 3 unspecified atom stereocenters. The number of carbonyl (C=O) groups excluding carboxylic acids is 2. The fourth-order valence-electron chi connectivity index (χ4n) is 3.74. The number of carbonyl (C=O) groups is 2. The molecule has 0 bridgehead atoms. The highest BCUT2D eigenvalue weighted by molar-refractivity contribution is 7.10.